The molecule has 5 rings (SSSR count). The Morgan fingerprint density at radius 1 is 0.879 bits per heavy atom. The standard InChI is InChI=1S/C27H28N2O4/c1-27(28-25(32)21-10-12-23(30)19-8-4-2-6-17(19)21)14-15-29(16-27)26(33)22-11-13-24(31)20-9-5-3-7-18(20)22/h2-9,21-22H,10-16H2,1H3,(H,28,32). The van der Waals surface area contributed by atoms with Crippen molar-refractivity contribution in [3.8, 4) is 0 Å². The van der Waals surface area contributed by atoms with Gasteiger partial charge >= 0.3 is 0 Å². The van der Waals surface area contributed by atoms with Crippen LogP contribution in [0.15, 0.2) is 48.5 Å². The van der Waals surface area contributed by atoms with Gasteiger partial charge in [0, 0.05) is 37.1 Å². The van der Waals surface area contributed by atoms with Crippen LogP contribution in [0.1, 0.15) is 82.7 Å². The second-order valence-corrected chi connectivity index (χ2v) is 9.76. The van der Waals surface area contributed by atoms with Gasteiger partial charge < -0.3 is 10.2 Å². The van der Waals surface area contributed by atoms with Gasteiger partial charge in [0.15, 0.2) is 11.6 Å². The maximum absolute atomic E-state index is 13.4. The van der Waals surface area contributed by atoms with Crippen molar-refractivity contribution in [2.75, 3.05) is 13.1 Å². The predicted molar refractivity (Wildman–Crippen MR) is 123 cm³/mol. The summed E-state index contributed by atoms with van der Waals surface area (Å²) in [5.74, 6) is -0.532. The Kier molecular flexibility index (Phi) is 5.39. The zero-order valence-corrected chi connectivity index (χ0v) is 18.8. The van der Waals surface area contributed by atoms with Gasteiger partial charge in [0.25, 0.3) is 0 Å². The summed E-state index contributed by atoms with van der Waals surface area (Å²) in [7, 11) is 0. The Morgan fingerprint density at radius 3 is 2.06 bits per heavy atom. The number of nitrogens with zero attached hydrogens (tertiary/aromatic N) is 1. The molecular formula is C27H28N2O4. The number of hydrogen-bond donors (Lipinski definition) is 1. The zero-order valence-electron chi connectivity index (χ0n) is 18.8. The van der Waals surface area contributed by atoms with Crippen LogP contribution in [0.2, 0.25) is 0 Å². The fourth-order valence-electron chi connectivity index (χ4n) is 5.63. The van der Waals surface area contributed by atoms with Crippen molar-refractivity contribution in [1.29, 1.82) is 0 Å². The van der Waals surface area contributed by atoms with E-state index in [1.165, 1.54) is 0 Å². The molecule has 1 saturated heterocycles. The molecule has 2 aliphatic carbocycles. The monoisotopic (exact) mass is 444 g/mol. The molecule has 170 valence electrons. The third-order valence-electron chi connectivity index (χ3n) is 7.42. The van der Waals surface area contributed by atoms with Crippen LogP contribution >= 0.6 is 0 Å². The molecule has 1 heterocycles. The van der Waals surface area contributed by atoms with Gasteiger partial charge in [-0.3, -0.25) is 19.2 Å². The predicted octanol–water partition coefficient (Wildman–Crippen LogP) is 3.61. The van der Waals surface area contributed by atoms with Crippen LogP contribution in [0.5, 0.6) is 0 Å². The highest BCUT2D eigenvalue weighted by Gasteiger charge is 2.42. The molecule has 33 heavy (non-hydrogen) atoms. The smallest absolute Gasteiger partial charge is 0.230 e. The number of ketones is 2. The van der Waals surface area contributed by atoms with Gasteiger partial charge in [-0.05, 0) is 37.3 Å². The topological polar surface area (TPSA) is 83.6 Å². The van der Waals surface area contributed by atoms with Crippen LogP contribution in [0.3, 0.4) is 0 Å². The number of rotatable bonds is 3. The SMILES string of the molecule is CC1(NC(=O)C2CCC(=O)c3ccccc32)CCN(C(=O)C2CCC(=O)c3ccccc32)C1. The number of likely N-dealkylation sites (tertiary alicyclic amines) is 1. The van der Waals surface area contributed by atoms with E-state index >= 15 is 0 Å². The summed E-state index contributed by atoms with van der Waals surface area (Å²) in [6, 6.07) is 14.7. The van der Waals surface area contributed by atoms with Crippen molar-refractivity contribution < 1.29 is 19.2 Å². The molecular weight excluding hydrogens is 416 g/mol. The molecule has 0 aromatic heterocycles. The number of Topliss-reactive ketones (excluding diaryl/α,β-unsaturated/α-hetero) is 2. The van der Waals surface area contributed by atoms with Gasteiger partial charge in [-0.1, -0.05) is 48.5 Å². The number of fused-ring (bicyclic) bond motifs is 2. The minimum absolute atomic E-state index is 0.0292. The lowest BCUT2D eigenvalue weighted by Gasteiger charge is -2.32. The maximum Gasteiger partial charge on any atom is 0.230 e. The first-order chi connectivity index (χ1) is 15.9. The molecule has 3 aliphatic rings. The van der Waals surface area contributed by atoms with Crippen molar-refractivity contribution in [3.63, 3.8) is 0 Å². The second kappa shape index (κ2) is 8.25. The first-order valence-corrected chi connectivity index (χ1v) is 11.7. The first kappa shape index (κ1) is 21.6. The molecule has 6 nitrogen and oxygen atoms in total. The minimum Gasteiger partial charge on any atom is -0.349 e. The van der Waals surface area contributed by atoms with E-state index in [4.69, 9.17) is 0 Å². The van der Waals surface area contributed by atoms with Crippen molar-refractivity contribution in [1.82, 2.24) is 10.2 Å². The van der Waals surface area contributed by atoms with Crippen LogP contribution in [0, 0.1) is 0 Å². The largest absolute Gasteiger partial charge is 0.349 e. The third kappa shape index (κ3) is 3.88. The number of carbonyl (C=O) groups excluding carboxylic acids is 4. The van der Waals surface area contributed by atoms with Crippen LogP contribution in [0.25, 0.3) is 0 Å². The highest BCUT2D eigenvalue weighted by molar-refractivity contribution is 6.02. The van der Waals surface area contributed by atoms with E-state index in [-0.39, 0.29) is 35.2 Å². The average molecular weight is 445 g/mol. The zero-order chi connectivity index (χ0) is 23.2. The van der Waals surface area contributed by atoms with Crippen LogP contribution in [-0.2, 0) is 9.59 Å². The lowest BCUT2D eigenvalue weighted by atomic mass is 9.81. The van der Waals surface area contributed by atoms with Crippen LogP contribution in [-0.4, -0.2) is 46.9 Å². The molecule has 3 unspecified atom stereocenters. The lowest BCUT2D eigenvalue weighted by Crippen LogP contribution is -2.50. The summed E-state index contributed by atoms with van der Waals surface area (Å²) in [6.07, 6.45) is 2.46. The van der Waals surface area contributed by atoms with Crippen molar-refractivity contribution in [2.45, 2.75) is 56.4 Å². The molecule has 3 atom stereocenters. The van der Waals surface area contributed by atoms with Gasteiger partial charge in [-0.2, -0.15) is 0 Å². The van der Waals surface area contributed by atoms with Gasteiger partial charge in [0.2, 0.25) is 11.8 Å². The normalized spacial score (nSPS) is 26.5. The molecule has 0 spiro atoms. The molecule has 0 saturated carbocycles. The number of benzene rings is 2. The summed E-state index contributed by atoms with van der Waals surface area (Å²) in [5.41, 5.74) is 2.39. The van der Waals surface area contributed by atoms with Crippen molar-refractivity contribution in [3.05, 3.63) is 70.8 Å². The van der Waals surface area contributed by atoms with Crippen molar-refractivity contribution in [2.24, 2.45) is 0 Å². The molecule has 2 amide bonds. The summed E-state index contributed by atoms with van der Waals surface area (Å²) >= 11 is 0. The molecule has 2 aromatic rings. The maximum atomic E-state index is 13.4. The number of nitrogens with one attached hydrogen (secondary N) is 1. The van der Waals surface area contributed by atoms with E-state index in [1.54, 1.807) is 12.1 Å². The molecule has 6 heteroatoms. The molecule has 1 aliphatic heterocycles. The van der Waals surface area contributed by atoms with Crippen molar-refractivity contribution >= 4 is 23.4 Å². The van der Waals surface area contributed by atoms with E-state index in [9.17, 15) is 19.2 Å². The molecule has 2 aromatic carbocycles. The highest BCUT2D eigenvalue weighted by atomic mass is 16.2. The first-order valence-electron chi connectivity index (χ1n) is 11.7. The van der Waals surface area contributed by atoms with E-state index in [0.717, 1.165) is 11.1 Å². The Balaban J connectivity index is 1.29. The summed E-state index contributed by atoms with van der Waals surface area (Å²) < 4.78 is 0. The van der Waals surface area contributed by atoms with Gasteiger partial charge in [0.1, 0.15) is 0 Å². The Bertz CT molecular complexity index is 1160. The Hall–Kier alpha value is -3.28. The van der Waals surface area contributed by atoms with E-state index in [1.807, 2.05) is 48.2 Å². The lowest BCUT2D eigenvalue weighted by molar-refractivity contribution is -0.133. The summed E-state index contributed by atoms with van der Waals surface area (Å²) in [4.78, 5) is 53.0. The number of carbonyl (C=O) groups is 4. The van der Waals surface area contributed by atoms with Crippen LogP contribution in [0.4, 0.5) is 0 Å². The molecule has 0 bridgehead atoms. The van der Waals surface area contributed by atoms with Gasteiger partial charge in [-0.15, -0.1) is 0 Å². The van der Waals surface area contributed by atoms with E-state index in [2.05, 4.69) is 5.32 Å². The Labute approximate surface area is 193 Å². The fraction of sp³-hybridized carbons (Fsp3) is 0.407. The highest BCUT2D eigenvalue weighted by Crippen LogP contribution is 2.36. The quantitative estimate of drug-likeness (QED) is 0.784. The van der Waals surface area contributed by atoms with E-state index < -0.39 is 5.54 Å². The minimum atomic E-state index is -0.521. The van der Waals surface area contributed by atoms with E-state index in [0.29, 0.717) is 56.3 Å². The molecule has 1 fully saturated rings. The number of amides is 2. The molecule has 1 N–H and O–H groups in total. The average Bonchev–Trinajstić information content (AvgIpc) is 3.21. The summed E-state index contributed by atoms with van der Waals surface area (Å²) in [6.45, 7) is 3.00. The van der Waals surface area contributed by atoms with Crippen LogP contribution < -0.4 is 5.32 Å². The van der Waals surface area contributed by atoms with Gasteiger partial charge in [-0.25, -0.2) is 0 Å². The third-order valence-corrected chi connectivity index (χ3v) is 7.42. The second-order valence-electron chi connectivity index (χ2n) is 9.76. The fourth-order valence-corrected chi connectivity index (χ4v) is 5.63. The number of hydrogen-bond acceptors (Lipinski definition) is 4. The Morgan fingerprint density at radius 2 is 1.42 bits per heavy atom. The summed E-state index contributed by atoms with van der Waals surface area (Å²) in [5, 5.41) is 3.20. The molecule has 0 radical (unpaired) electrons. The van der Waals surface area contributed by atoms with Gasteiger partial charge in [0.05, 0.1) is 17.4 Å².